The molecule has 4 rings (SSSR count). The minimum Gasteiger partial charge on any atom is -0.377 e. The van der Waals surface area contributed by atoms with Crippen LogP contribution in [0.4, 0.5) is 5.69 Å². The Balaban J connectivity index is 1.52. The molecule has 5 nitrogen and oxygen atoms in total. The molecule has 2 N–H and O–H groups in total. The average Bonchev–Trinajstić information content (AvgIpc) is 3.09. The summed E-state index contributed by atoms with van der Waals surface area (Å²) in [4.78, 5) is 15.8. The Morgan fingerprint density at radius 3 is 2.65 bits per heavy atom. The van der Waals surface area contributed by atoms with Crippen molar-refractivity contribution in [2.75, 3.05) is 5.32 Å². The van der Waals surface area contributed by atoms with Gasteiger partial charge in [-0.2, -0.15) is 5.10 Å². The zero-order chi connectivity index (χ0) is 17.9. The number of nitrogens with zero attached hydrogens (tertiary/aromatic N) is 2. The van der Waals surface area contributed by atoms with Crippen LogP contribution in [0.2, 0.25) is 5.02 Å². The molecule has 0 unspecified atom stereocenters. The van der Waals surface area contributed by atoms with Crippen LogP contribution in [0.3, 0.4) is 0 Å². The van der Waals surface area contributed by atoms with E-state index in [1.165, 1.54) is 4.68 Å². The third-order valence-corrected chi connectivity index (χ3v) is 4.58. The molecule has 0 radical (unpaired) electrons. The van der Waals surface area contributed by atoms with Gasteiger partial charge in [-0.25, -0.2) is 4.68 Å². The molecule has 0 aliphatic rings. The first-order valence-corrected chi connectivity index (χ1v) is 8.68. The summed E-state index contributed by atoms with van der Waals surface area (Å²) in [5.41, 5.74) is 3.30. The van der Waals surface area contributed by atoms with Gasteiger partial charge in [-0.15, -0.1) is 0 Å². The number of hydrogen-bond donors (Lipinski definition) is 2. The van der Waals surface area contributed by atoms with Gasteiger partial charge in [0.2, 0.25) is 0 Å². The van der Waals surface area contributed by atoms with Gasteiger partial charge in [-0.1, -0.05) is 60.1 Å². The molecule has 2 aromatic carbocycles. The minimum absolute atomic E-state index is 0.145. The van der Waals surface area contributed by atoms with Crippen LogP contribution < -0.4 is 10.9 Å². The highest BCUT2D eigenvalue weighted by Gasteiger charge is 2.10. The SMILES string of the molecule is O=c1c(Cl)c(NCc2cc3ccccc3[nH]2)cnn1Cc1ccccc1. The van der Waals surface area contributed by atoms with E-state index in [2.05, 4.69) is 27.5 Å². The molecule has 2 heterocycles. The van der Waals surface area contributed by atoms with Crippen LogP contribution >= 0.6 is 11.6 Å². The van der Waals surface area contributed by atoms with E-state index in [0.717, 1.165) is 22.2 Å². The number of benzene rings is 2. The van der Waals surface area contributed by atoms with Crippen molar-refractivity contribution in [1.29, 1.82) is 0 Å². The summed E-state index contributed by atoms with van der Waals surface area (Å²) in [5.74, 6) is 0. The van der Waals surface area contributed by atoms with E-state index >= 15 is 0 Å². The highest BCUT2D eigenvalue weighted by Crippen LogP contribution is 2.19. The Morgan fingerprint density at radius 2 is 1.85 bits per heavy atom. The largest absolute Gasteiger partial charge is 0.377 e. The molecular weight excluding hydrogens is 348 g/mol. The fourth-order valence-corrected chi connectivity index (χ4v) is 3.09. The Morgan fingerprint density at radius 1 is 1.08 bits per heavy atom. The number of para-hydroxylation sites is 1. The van der Waals surface area contributed by atoms with E-state index in [1.54, 1.807) is 6.20 Å². The molecule has 0 saturated carbocycles. The second kappa shape index (κ2) is 7.06. The van der Waals surface area contributed by atoms with Gasteiger partial charge in [0.15, 0.2) is 0 Å². The van der Waals surface area contributed by atoms with Crippen molar-refractivity contribution in [3.05, 3.63) is 93.5 Å². The lowest BCUT2D eigenvalue weighted by Gasteiger charge is -2.10. The smallest absolute Gasteiger partial charge is 0.287 e. The van der Waals surface area contributed by atoms with Gasteiger partial charge in [0.25, 0.3) is 5.56 Å². The molecule has 4 aromatic rings. The molecule has 0 atom stereocenters. The van der Waals surface area contributed by atoms with Crippen molar-refractivity contribution in [1.82, 2.24) is 14.8 Å². The van der Waals surface area contributed by atoms with Crippen LogP contribution in [0, 0.1) is 0 Å². The summed E-state index contributed by atoms with van der Waals surface area (Å²) >= 11 is 6.26. The molecule has 26 heavy (non-hydrogen) atoms. The Hall–Kier alpha value is -3.05. The molecule has 0 fully saturated rings. The van der Waals surface area contributed by atoms with Gasteiger partial charge in [-0.3, -0.25) is 4.79 Å². The molecule has 0 bridgehead atoms. The minimum atomic E-state index is -0.308. The quantitative estimate of drug-likeness (QED) is 0.561. The maximum Gasteiger partial charge on any atom is 0.287 e. The van der Waals surface area contributed by atoms with E-state index < -0.39 is 0 Å². The molecule has 0 amide bonds. The predicted octanol–water partition coefficient (Wildman–Crippen LogP) is 4.04. The van der Waals surface area contributed by atoms with Gasteiger partial charge in [0.1, 0.15) is 5.02 Å². The summed E-state index contributed by atoms with van der Waals surface area (Å²) in [5, 5.41) is 8.71. The van der Waals surface area contributed by atoms with Gasteiger partial charge in [-0.05, 0) is 23.1 Å². The van der Waals surface area contributed by atoms with Crippen LogP contribution in [0.1, 0.15) is 11.3 Å². The first-order valence-electron chi connectivity index (χ1n) is 8.31. The lowest BCUT2D eigenvalue weighted by molar-refractivity contribution is 0.640. The zero-order valence-corrected chi connectivity index (χ0v) is 14.7. The third-order valence-electron chi connectivity index (χ3n) is 4.22. The molecule has 0 aliphatic heterocycles. The molecular formula is C20H17ClN4O. The second-order valence-electron chi connectivity index (χ2n) is 6.06. The topological polar surface area (TPSA) is 62.7 Å². The normalized spacial score (nSPS) is 11.0. The lowest BCUT2D eigenvalue weighted by atomic mass is 10.2. The molecule has 6 heteroatoms. The number of anilines is 1. The summed E-state index contributed by atoms with van der Waals surface area (Å²) < 4.78 is 1.37. The van der Waals surface area contributed by atoms with E-state index in [1.807, 2.05) is 48.5 Å². The van der Waals surface area contributed by atoms with Crippen LogP contribution in [0.15, 0.2) is 71.7 Å². The third kappa shape index (κ3) is 3.34. The molecule has 2 aromatic heterocycles. The van der Waals surface area contributed by atoms with Crippen molar-refractivity contribution in [3.63, 3.8) is 0 Å². The summed E-state index contributed by atoms with van der Waals surface area (Å²) in [7, 11) is 0. The first kappa shape index (κ1) is 16.4. The van der Waals surface area contributed by atoms with Crippen molar-refractivity contribution in [2.24, 2.45) is 0 Å². The molecule has 130 valence electrons. The fourth-order valence-electron chi connectivity index (χ4n) is 2.88. The number of halogens is 1. The van der Waals surface area contributed by atoms with E-state index in [9.17, 15) is 4.79 Å². The Labute approximate surface area is 155 Å². The average molecular weight is 365 g/mol. The van der Waals surface area contributed by atoms with Crippen molar-refractivity contribution in [2.45, 2.75) is 13.1 Å². The van der Waals surface area contributed by atoms with E-state index in [4.69, 9.17) is 11.6 Å². The molecule has 0 spiro atoms. The zero-order valence-electron chi connectivity index (χ0n) is 13.9. The van der Waals surface area contributed by atoms with Crippen LogP contribution in [0.5, 0.6) is 0 Å². The maximum atomic E-state index is 12.5. The number of H-pyrrole nitrogens is 1. The number of hydrogen-bond acceptors (Lipinski definition) is 3. The predicted molar refractivity (Wildman–Crippen MR) is 105 cm³/mol. The molecule has 0 saturated heterocycles. The highest BCUT2D eigenvalue weighted by atomic mass is 35.5. The van der Waals surface area contributed by atoms with E-state index in [0.29, 0.717) is 18.8 Å². The van der Waals surface area contributed by atoms with Gasteiger partial charge in [0.05, 0.1) is 25.0 Å². The number of nitrogens with one attached hydrogen (secondary N) is 2. The number of fused-ring (bicyclic) bond motifs is 1. The van der Waals surface area contributed by atoms with Gasteiger partial charge < -0.3 is 10.3 Å². The molecule has 0 aliphatic carbocycles. The number of aromatic nitrogens is 3. The maximum absolute atomic E-state index is 12.5. The number of aromatic amines is 1. The van der Waals surface area contributed by atoms with Gasteiger partial charge in [0, 0.05) is 11.2 Å². The fraction of sp³-hybridized carbons (Fsp3) is 0.100. The Kier molecular flexibility index (Phi) is 4.46. The van der Waals surface area contributed by atoms with Crippen molar-refractivity contribution >= 4 is 28.2 Å². The summed E-state index contributed by atoms with van der Waals surface area (Å²) in [6, 6.07) is 19.8. The summed E-state index contributed by atoms with van der Waals surface area (Å²) in [6.07, 6.45) is 1.59. The first-order chi connectivity index (χ1) is 12.7. The summed E-state index contributed by atoms with van der Waals surface area (Å²) in [6.45, 7) is 0.917. The van der Waals surface area contributed by atoms with Crippen molar-refractivity contribution < 1.29 is 0 Å². The van der Waals surface area contributed by atoms with Crippen LogP contribution in [-0.2, 0) is 13.1 Å². The monoisotopic (exact) mass is 364 g/mol. The van der Waals surface area contributed by atoms with Crippen molar-refractivity contribution in [3.8, 4) is 0 Å². The van der Waals surface area contributed by atoms with E-state index in [-0.39, 0.29) is 10.6 Å². The van der Waals surface area contributed by atoms with Gasteiger partial charge >= 0.3 is 0 Å². The lowest BCUT2D eigenvalue weighted by Crippen LogP contribution is -2.24. The standard InChI is InChI=1S/C20H17ClN4O/c21-19-18(22-11-16-10-15-8-4-5-9-17(15)24-16)12-23-25(20(19)26)13-14-6-2-1-3-7-14/h1-10,12,22,24H,11,13H2. The Bertz CT molecular complexity index is 1070. The van der Waals surface area contributed by atoms with Crippen LogP contribution in [-0.4, -0.2) is 14.8 Å². The second-order valence-corrected chi connectivity index (χ2v) is 6.43. The highest BCUT2D eigenvalue weighted by molar-refractivity contribution is 6.32. The number of rotatable bonds is 5. The van der Waals surface area contributed by atoms with Crippen LogP contribution in [0.25, 0.3) is 10.9 Å².